The maximum atomic E-state index is 11.5. The first-order valence-electron chi connectivity index (χ1n) is 6.79. The summed E-state index contributed by atoms with van der Waals surface area (Å²) in [5.74, 6) is -0.518. The van der Waals surface area contributed by atoms with Crippen molar-refractivity contribution in [1.82, 2.24) is 4.98 Å². The van der Waals surface area contributed by atoms with Gasteiger partial charge in [0.15, 0.2) is 0 Å². The average Bonchev–Trinajstić information content (AvgIpc) is 2.84. The Morgan fingerprint density at radius 1 is 1.32 bits per heavy atom. The number of hydrogen-bond acceptors (Lipinski definition) is 4. The van der Waals surface area contributed by atoms with E-state index in [2.05, 4.69) is 4.98 Å². The fourth-order valence-corrected chi connectivity index (χ4v) is 3.55. The predicted molar refractivity (Wildman–Crippen MR) is 92.4 cm³/mol. The highest BCUT2D eigenvalue weighted by Crippen LogP contribution is 2.37. The van der Waals surface area contributed by atoms with Crippen LogP contribution in [0.5, 0.6) is 0 Å². The number of nitrogens with zero attached hydrogens (tertiary/aromatic N) is 1. The first-order valence-corrected chi connectivity index (χ1v) is 7.98. The number of halogens is 1. The van der Waals surface area contributed by atoms with Gasteiger partial charge in [0, 0.05) is 16.0 Å². The molecule has 0 radical (unpaired) electrons. The number of benzene rings is 1. The van der Waals surface area contributed by atoms with Gasteiger partial charge in [-0.05, 0) is 30.2 Å². The van der Waals surface area contributed by atoms with Crippen molar-refractivity contribution in [2.75, 3.05) is 5.73 Å². The van der Waals surface area contributed by atoms with Gasteiger partial charge in [0.05, 0.1) is 11.4 Å². The van der Waals surface area contributed by atoms with Gasteiger partial charge >= 0.3 is 0 Å². The normalized spacial score (nSPS) is 11.0. The minimum absolute atomic E-state index is 0.366. The lowest BCUT2D eigenvalue weighted by Gasteiger charge is -2.06. The number of thiophene rings is 1. The van der Waals surface area contributed by atoms with Crippen molar-refractivity contribution in [3.8, 4) is 11.3 Å². The van der Waals surface area contributed by atoms with Crippen LogP contribution in [-0.4, -0.2) is 10.9 Å². The van der Waals surface area contributed by atoms with Crippen molar-refractivity contribution in [3.05, 3.63) is 45.8 Å². The van der Waals surface area contributed by atoms with Gasteiger partial charge < -0.3 is 11.5 Å². The maximum absolute atomic E-state index is 11.5. The quantitative estimate of drug-likeness (QED) is 0.764. The molecule has 2 heterocycles. The van der Waals surface area contributed by atoms with Crippen LogP contribution >= 0.6 is 22.9 Å². The van der Waals surface area contributed by atoms with Crippen LogP contribution in [0.3, 0.4) is 0 Å². The molecule has 4 N–H and O–H groups in total. The summed E-state index contributed by atoms with van der Waals surface area (Å²) in [5, 5.41) is 1.51. The topological polar surface area (TPSA) is 82.0 Å². The summed E-state index contributed by atoms with van der Waals surface area (Å²) < 4.78 is 0. The molecule has 3 rings (SSSR count). The zero-order valence-corrected chi connectivity index (χ0v) is 13.5. The first-order chi connectivity index (χ1) is 10.5. The van der Waals surface area contributed by atoms with E-state index in [1.807, 2.05) is 37.3 Å². The summed E-state index contributed by atoms with van der Waals surface area (Å²) in [6.45, 7) is 2.04. The molecule has 0 aliphatic carbocycles. The fourth-order valence-electron chi connectivity index (χ4n) is 2.43. The number of carbonyl (C=O) groups is 1. The van der Waals surface area contributed by atoms with E-state index in [0.29, 0.717) is 15.6 Å². The molecule has 2 aromatic heterocycles. The Labute approximate surface area is 136 Å². The van der Waals surface area contributed by atoms with E-state index in [4.69, 9.17) is 23.1 Å². The van der Waals surface area contributed by atoms with Gasteiger partial charge in [-0.15, -0.1) is 11.3 Å². The highest BCUT2D eigenvalue weighted by Gasteiger charge is 2.18. The number of carbonyl (C=O) groups excluding carboxylic acids is 1. The standard InChI is InChI=1S/C16H14ClN3OS/c1-2-8-7-11(9-3-5-10(17)6-4-9)20-16-12(8)13(18)14(22-16)15(19)21/h3-7H,2,18H2,1H3,(H2,19,21). The number of rotatable bonds is 3. The lowest BCUT2D eigenvalue weighted by Crippen LogP contribution is -2.10. The minimum Gasteiger partial charge on any atom is -0.397 e. The molecule has 0 saturated heterocycles. The third kappa shape index (κ3) is 2.42. The van der Waals surface area contributed by atoms with Crippen LogP contribution in [-0.2, 0) is 6.42 Å². The number of primary amides is 1. The van der Waals surface area contributed by atoms with E-state index >= 15 is 0 Å². The summed E-state index contributed by atoms with van der Waals surface area (Å²) >= 11 is 7.16. The number of pyridine rings is 1. The number of hydrogen-bond donors (Lipinski definition) is 2. The molecule has 1 aromatic carbocycles. The maximum Gasteiger partial charge on any atom is 0.260 e. The molecule has 4 nitrogen and oxygen atoms in total. The number of aromatic nitrogens is 1. The smallest absolute Gasteiger partial charge is 0.260 e. The third-order valence-corrected chi connectivity index (χ3v) is 4.89. The van der Waals surface area contributed by atoms with E-state index in [1.165, 1.54) is 11.3 Å². The van der Waals surface area contributed by atoms with Gasteiger partial charge in [-0.2, -0.15) is 0 Å². The third-order valence-electron chi connectivity index (χ3n) is 3.53. The van der Waals surface area contributed by atoms with E-state index in [-0.39, 0.29) is 0 Å². The second kappa shape index (κ2) is 5.59. The van der Waals surface area contributed by atoms with Crippen LogP contribution in [0.4, 0.5) is 5.69 Å². The van der Waals surface area contributed by atoms with E-state index in [0.717, 1.165) is 33.5 Å². The second-order valence-electron chi connectivity index (χ2n) is 4.92. The van der Waals surface area contributed by atoms with Crippen molar-refractivity contribution in [3.63, 3.8) is 0 Å². The molecule has 6 heteroatoms. The number of anilines is 1. The highest BCUT2D eigenvalue weighted by atomic mass is 35.5. The number of nitrogens with two attached hydrogens (primary N) is 2. The molecule has 0 atom stereocenters. The van der Waals surface area contributed by atoms with Crippen molar-refractivity contribution in [2.45, 2.75) is 13.3 Å². The summed E-state index contributed by atoms with van der Waals surface area (Å²) in [7, 11) is 0. The first kappa shape index (κ1) is 14.8. The summed E-state index contributed by atoms with van der Waals surface area (Å²) in [4.78, 5) is 17.2. The molecular formula is C16H14ClN3OS. The van der Waals surface area contributed by atoms with E-state index in [9.17, 15) is 4.79 Å². The van der Waals surface area contributed by atoms with Gasteiger partial charge in [0.1, 0.15) is 9.71 Å². The largest absolute Gasteiger partial charge is 0.397 e. The number of aryl methyl sites for hydroxylation is 1. The highest BCUT2D eigenvalue weighted by molar-refractivity contribution is 7.21. The molecule has 0 spiro atoms. The molecule has 0 unspecified atom stereocenters. The molecule has 1 amide bonds. The van der Waals surface area contributed by atoms with Crippen LogP contribution in [0.2, 0.25) is 5.02 Å². The molecule has 0 aliphatic heterocycles. The Morgan fingerprint density at radius 2 is 2.00 bits per heavy atom. The van der Waals surface area contributed by atoms with Gasteiger partial charge in [-0.3, -0.25) is 4.79 Å². The number of amides is 1. The van der Waals surface area contributed by atoms with Crippen molar-refractivity contribution < 1.29 is 4.79 Å². The Hall–Kier alpha value is -2.11. The van der Waals surface area contributed by atoms with E-state index < -0.39 is 5.91 Å². The molecule has 22 heavy (non-hydrogen) atoms. The fraction of sp³-hybridized carbons (Fsp3) is 0.125. The number of fused-ring (bicyclic) bond motifs is 1. The van der Waals surface area contributed by atoms with Crippen LogP contribution in [0.15, 0.2) is 30.3 Å². The molecule has 112 valence electrons. The minimum atomic E-state index is -0.518. The molecule has 0 fully saturated rings. The van der Waals surface area contributed by atoms with Gasteiger partial charge in [-0.25, -0.2) is 4.98 Å². The Kier molecular flexibility index (Phi) is 3.76. The lowest BCUT2D eigenvalue weighted by atomic mass is 10.0. The van der Waals surface area contributed by atoms with Crippen LogP contribution in [0, 0.1) is 0 Å². The van der Waals surface area contributed by atoms with Gasteiger partial charge in [0.2, 0.25) is 0 Å². The van der Waals surface area contributed by atoms with Crippen LogP contribution < -0.4 is 11.5 Å². The van der Waals surface area contributed by atoms with E-state index in [1.54, 1.807) is 0 Å². The predicted octanol–water partition coefficient (Wildman–Crippen LogP) is 3.86. The Balaban J connectivity index is 2.26. The Bertz CT molecular complexity index is 871. The molecule has 3 aromatic rings. The lowest BCUT2D eigenvalue weighted by molar-refractivity contribution is 0.100. The van der Waals surface area contributed by atoms with Gasteiger partial charge in [-0.1, -0.05) is 30.7 Å². The van der Waals surface area contributed by atoms with Crippen molar-refractivity contribution in [2.24, 2.45) is 5.73 Å². The zero-order valence-electron chi connectivity index (χ0n) is 11.9. The molecule has 0 bridgehead atoms. The Morgan fingerprint density at radius 3 is 2.59 bits per heavy atom. The summed E-state index contributed by atoms with van der Waals surface area (Å²) in [6.07, 6.45) is 0.790. The SMILES string of the molecule is CCc1cc(-c2ccc(Cl)cc2)nc2sc(C(N)=O)c(N)c12. The van der Waals surface area contributed by atoms with Crippen LogP contribution in [0.1, 0.15) is 22.2 Å². The molecular weight excluding hydrogens is 318 g/mol. The zero-order chi connectivity index (χ0) is 15.9. The van der Waals surface area contributed by atoms with Gasteiger partial charge in [0.25, 0.3) is 5.91 Å². The summed E-state index contributed by atoms with van der Waals surface area (Å²) in [6, 6.07) is 9.49. The second-order valence-corrected chi connectivity index (χ2v) is 6.35. The number of nitrogen functional groups attached to an aromatic ring is 1. The van der Waals surface area contributed by atoms with Crippen molar-refractivity contribution >= 4 is 44.7 Å². The summed E-state index contributed by atoms with van der Waals surface area (Å²) in [5.41, 5.74) is 14.7. The monoisotopic (exact) mass is 331 g/mol. The van der Waals surface area contributed by atoms with Crippen molar-refractivity contribution in [1.29, 1.82) is 0 Å². The van der Waals surface area contributed by atoms with Crippen LogP contribution in [0.25, 0.3) is 21.5 Å². The molecule has 0 aliphatic rings. The average molecular weight is 332 g/mol. The molecule has 0 saturated carbocycles.